The molecule has 12 heteroatoms. The minimum Gasteiger partial charge on any atom is -0.268 e. The summed E-state index contributed by atoms with van der Waals surface area (Å²) in [6.45, 7) is 0. The number of pyridine rings is 1. The van der Waals surface area contributed by atoms with Gasteiger partial charge in [-0.05, 0) is 43.9 Å². The van der Waals surface area contributed by atoms with Gasteiger partial charge in [-0.2, -0.15) is 0 Å². The Hall–Kier alpha value is -2.99. The smallest absolute Gasteiger partial charge is 0.268 e. The van der Waals surface area contributed by atoms with E-state index < -0.39 is 44.8 Å². The molecule has 4 rings (SSSR count). The van der Waals surface area contributed by atoms with Crippen molar-refractivity contribution < 1.29 is 21.6 Å². The summed E-state index contributed by atoms with van der Waals surface area (Å²) in [7, 11) is -3.41. The fourth-order valence-electron chi connectivity index (χ4n) is 4.12. The molecule has 1 N–H and O–H groups in total. The molecule has 0 unspecified atom stereocenters. The first-order valence-corrected chi connectivity index (χ1v) is 11.7. The third kappa shape index (κ3) is 4.19. The average molecular weight is 468 g/mol. The molecule has 0 bridgehead atoms. The first-order chi connectivity index (χ1) is 15.0. The number of nitrogens with zero attached hydrogens (tertiary/aromatic N) is 3. The number of sulfonamides is 1. The maximum Gasteiger partial charge on any atom is 0.337 e. The molecule has 0 radical (unpaired) electrons. The van der Waals surface area contributed by atoms with Crippen molar-refractivity contribution >= 4 is 21.1 Å². The monoisotopic (exact) mass is 468 g/mol. The van der Waals surface area contributed by atoms with E-state index in [1.54, 1.807) is 0 Å². The molecule has 8 nitrogen and oxygen atoms in total. The van der Waals surface area contributed by atoms with Gasteiger partial charge in [0.1, 0.15) is 5.82 Å². The van der Waals surface area contributed by atoms with Crippen LogP contribution >= 0.6 is 0 Å². The molecule has 0 saturated heterocycles. The lowest BCUT2D eigenvalue weighted by Crippen LogP contribution is -2.45. The summed E-state index contributed by atoms with van der Waals surface area (Å²) < 4.78 is 68.6. The highest BCUT2D eigenvalue weighted by Crippen LogP contribution is 2.27. The van der Waals surface area contributed by atoms with E-state index in [1.807, 2.05) is 0 Å². The average Bonchev–Trinajstić information content (AvgIpc) is 2.71. The summed E-state index contributed by atoms with van der Waals surface area (Å²) in [4.78, 5) is 30.3. The summed E-state index contributed by atoms with van der Waals surface area (Å²) in [5, 5.41) is -0.189. The van der Waals surface area contributed by atoms with Crippen LogP contribution < -0.4 is 16.0 Å². The third-order valence-corrected chi connectivity index (χ3v) is 6.26. The molecule has 1 saturated carbocycles. The molecule has 1 aliphatic rings. The summed E-state index contributed by atoms with van der Waals surface area (Å²) >= 11 is 0. The predicted molar refractivity (Wildman–Crippen MR) is 111 cm³/mol. The Morgan fingerprint density at radius 1 is 1.03 bits per heavy atom. The van der Waals surface area contributed by atoms with Crippen molar-refractivity contribution in [1.29, 1.82) is 0 Å². The van der Waals surface area contributed by atoms with E-state index in [1.165, 1.54) is 0 Å². The highest BCUT2D eigenvalue weighted by molar-refractivity contribution is 7.88. The van der Waals surface area contributed by atoms with Crippen molar-refractivity contribution in [2.75, 3.05) is 6.26 Å². The summed E-state index contributed by atoms with van der Waals surface area (Å²) in [5.74, 6) is -3.11. The number of benzene rings is 1. The fourth-order valence-corrected chi connectivity index (χ4v) is 4.96. The number of fused-ring (bicyclic) bond motifs is 1. The van der Waals surface area contributed by atoms with E-state index in [0.717, 1.165) is 45.9 Å². The number of rotatable bonds is 4. The van der Waals surface area contributed by atoms with Gasteiger partial charge >= 0.3 is 5.69 Å². The van der Waals surface area contributed by atoms with Crippen LogP contribution in [0, 0.1) is 17.5 Å². The highest BCUT2D eigenvalue weighted by atomic mass is 32.2. The van der Waals surface area contributed by atoms with E-state index in [4.69, 9.17) is 0 Å². The van der Waals surface area contributed by atoms with E-state index in [-0.39, 0.29) is 22.8 Å². The molecule has 3 aromatic rings. The van der Waals surface area contributed by atoms with Gasteiger partial charge in [-0.25, -0.2) is 40.7 Å². The summed E-state index contributed by atoms with van der Waals surface area (Å²) in [6.07, 6.45) is 3.27. The normalized spacial score (nSPS) is 19.4. The van der Waals surface area contributed by atoms with Crippen LogP contribution in [0.4, 0.5) is 13.2 Å². The van der Waals surface area contributed by atoms with Crippen LogP contribution in [0.15, 0.2) is 40.1 Å². The Labute approximate surface area is 180 Å². The van der Waals surface area contributed by atoms with E-state index in [2.05, 4.69) is 9.71 Å². The summed E-state index contributed by atoms with van der Waals surface area (Å²) in [5.41, 5.74) is -1.84. The lowest BCUT2D eigenvalue weighted by atomic mass is 9.91. The molecule has 1 aliphatic carbocycles. The van der Waals surface area contributed by atoms with Crippen molar-refractivity contribution in [3.63, 3.8) is 0 Å². The Morgan fingerprint density at radius 2 is 1.72 bits per heavy atom. The molecule has 32 heavy (non-hydrogen) atoms. The topological polar surface area (TPSA) is 103 Å². The molecular formula is C20H19F3N4O4S. The number of hydrogen-bond donors (Lipinski definition) is 1. The first kappa shape index (κ1) is 22.2. The van der Waals surface area contributed by atoms with Gasteiger partial charge in [-0.3, -0.25) is 9.36 Å². The number of nitrogens with one attached hydrogen (secondary N) is 1. The SMILES string of the molecule is CS(=O)(=O)NC1CCC(n2c(=O)c3cc(F)cnc3n(-c3ccc(F)c(F)c3)c2=O)CC1. The van der Waals surface area contributed by atoms with Crippen LogP contribution in [-0.2, 0) is 10.0 Å². The second kappa shape index (κ2) is 8.17. The van der Waals surface area contributed by atoms with Gasteiger partial charge in [0.05, 0.1) is 23.5 Å². The predicted octanol–water partition coefficient (Wildman–Crippen LogP) is 2.00. The van der Waals surface area contributed by atoms with Gasteiger partial charge < -0.3 is 0 Å². The molecule has 0 aliphatic heterocycles. The maximum atomic E-state index is 13.9. The molecular weight excluding hydrogens is 449 g/mol. The van der Waals surface area contributed by atoms with Gasteiger partial charge in [-0.1, -0.05) is 0 Å². The second-order valence-electron chi connectivity index (χ2n) is 7.81. The largest absolute Gasteiger partial charge is 0.337 e. The van der Waals surface area contributed by atoms with Crippen LogP contribution in [0.1, 0.15) is 31.7 Å². The molecule has 2 aromatic heterocycles. The van der Waals surface area contributed by atoms with Crippen molar-refractivity contribution in [2.24, 2.45) is 0 Å². The molecule has 0 amide bonds. The minimum absolute atomic E-state index is 0.0702. The molecule has 0 spiro atoms. The zero-order valence-corrected chi connectivity index (χ0v) is 17.7. The van der Waals surface area contributed by atoms with Crippen molar-refractivity contribution in [3.05, 3.63) is 68.8 Å². The van der Waals surface area contributed by atoms with Crippen molar-refractivity contribution in [1.82, 2.24) is 18.8 Å². The quantitative estimate of drug-likeness (QED) is 0.631. The lowest BCUT2D eigenvalue weighted by molar-refractivity contribution is 0.298. The Kier molecular flexibility index (Phi) is 5.67. The van der Waals surface area contributed by atoms with Gasteiger partial charge in [0.25, 0.3) is 5.56 Å². The molecule has 1 fully saturated rings. The second-order valence-corrected chi connectivity index (χ2v) is 9.59. The zero-order valence-electron chi connectivity index (χ0n) is 16.9. The standard InChI is InChI=1S/C20H19F3N4O4S/c1-32(30,31)25-12-2-4-13(5-3-12)27-19(28)15-8-11(21)10-24-18(15)26(20(27)29)14-6-7-16(22)17(23)9-14/h6-10,12-13,25H,2-5H2,1H3. The molecule has 0 atom stereocenters. The van der Waals surface area contributed by atoms with Crippen LogP contribution in [-0.4, -0.2) is 34.8 Å². The fraction of sp³-hybridized carbons (Fsp3) is 0.350. The number of halogens is 3. The summed E-state index contributed by atoms with van der Waals surface area (Å²) in [6, 6.07) is 2.81. The highest BCUT2D eigenvalue weighted by Gasteiger charge is 2.28. The van der Waals surface area contributed by atoms with Gasteiger partial charge in [0.2, 0.25) is 10.0 Å². The third-order valence-electron chi connectivity index (χ3n) is 5.50. The number of aromatic nitrogens is 3. The lowest BCUT2D eigenvalue weighted by Gasteiger charge is -2.29. The Morgan fingerprint density at radius 3 is 2.34 bits per heavy atom. The minimum atomic E-state index is -3.41. The van der Waals surface area contributed by atoms with Crippen LogP contribution in [0.2, 0.25) is 0 Å². The van der Waals surface area contributed by atoms with E-state index in [9.17, 15) is 31.2 Å². The van der Waals surface area contributed by atoms with Crippen molar-refractivity contribution in [2.45, 2.75) is 37.8 Å². The Balaban J connectivity index is 1.86. The first-order valence-electron chi connectivity index (χ1n) is 9.80. The Bertz CT molecular complexity index is 1430. The van der Waals surface area contributed by atoms with Crippen molar-refractivity contribution in [3.8, 4) is 5.69 Å². The van der Waals surface area contributed by atoms with E-state index >= 15 is 0 Å². The van der Waals surface area contributed by atoms with Crippen LogP contribution in [0.25, 0.3) is 16.7 Å². The number of hydrogen-bond acceptors (Lipinski definition) is 5. The van der Waals surface area contributed by atoms with Gasteiger partial charge in [0.15, 0.2) is 17.3 Å². The molecule has 170 valence electrons. The van der Waals surface area contributed by atoms with Crippen LogP contribution in [0.3, 0.4) is 0 Å². The van der Waals surface area contributed by atoms with Gasteiger partial charge in [-0.15, -0.1) is 0 Å². The van der Waals surface area contributed by atoms with Gasteiger partial charge in [0, 0.05) is 18.2 Å². The van der Waals surface area contributed by atoms with Crippen LogP contribution in [0.5, 0.6) is 0 Å². The maximum absolute atomic E-state index is 13.9. The molecule has 1 aromatic carbocycles. The molecule has 2 heterocycles. The van der Waals surface area contributed by atoms with E-state index in [0.29, 0.717) is 25.7 Å². The zero-order chi connectivity index (χ0) is 23.2.